The van der Waals surface area contributed by atoms with Crippen molar-refractivity contribution < 1.29 is 4.79 Å². The minimum atomic E-state index is -0.00529. The van der Waals surface area contributed by atoms with Crippen LogP contribution in [0.25, 0.3) is 0 Å². The predicted octanol–water partition coefficient (Wildman–Crippen LogP) is 2.61. The van der Waals surface area contributed by atoms with Crippen LogP contribution in [0, 0.1) is 17.8 Å². The van der Waals surface area contributed by atoms with Gasteiger partial charge >= 0.3 is 0 Å². The van der Waals surface area contributed by atoms with Gasteiger partial charge in [-0.2, -0.15) is 0 Å². The summed E-state index contributed by atoms with van der Waals surface area (Å²) in [5, 5.41) is 3.02. The summed E-state index contributed by atoms with van der Waals surface area (Å²) in [7, 11) is 0. The van der Waals surface area contributed by atoms with Crippen LogP contribution in [0.3, 0.4) is 0 Å². The summed E-state index contributed by atoms with van der Waals surface area (Å²) in [5.74, 6) is 6.49. The fourth-order valence-electron chi connectivity index (χ4n) is 1.86. The molecule has 0 aliphatic heterocycles. The first kappa shape index (κ1) is 16.3. The molecule has 3 N–H and O–H groups in total. The van der Waals surface area contributed by atoms with Crippen LogP contribution in [-0.4, -0.2) is 12.5 Å². The van der Waals surface area contributed by atoms with Gasteiger partial charge in [-0.25, -0.2) is 0 Å². The molecule has 0 aromatic heterocycles. The molecule has 0 saturated carbocycles. The molecule has 0 aliphatic carbocycles. The van der Waals surface area contributed by atoms with Gasteiger partial charge in [0.25, 0.3) is 0 Å². The third-order valence-corrected chi connectivity index (χ3v) is 3.05. The predicted molar refractivity (Wildman–Crippen MR) is 83.0 cm³/mol. The molecule has 3 heteroatoms. The fraction of sp³-hybridized carbons (Fsp3) is 0.471. The third-order valence-electron chi connectivity index (χ3n) is 3.05. The van der Waals surface area contributed by atoms with Gasteiger partial charge in [-0.1, -0.05) is 37.8 Å². The molecule has 0 bridgehead atoms. The zero-order valence-electron chi connectivity index (χ0n) is 12.6. The first-order valence-corrected chi connectivity index (χ1v) is 7.11. The van der Waals surface area contributed by atoms with E-state index in [0.717, 1.165) is 17.5 Å². The van der Waals surface area contributed by atoms with E-state index in [2.05, 4.69) is 31.0 Å². The van der Waals surface area contributed by atoms with Crippen molar-refractivity contribution >= 4 is 5.91 Å². The maximum atomic E-state index is 11.8. The van der Waals surface area contributed by atoms with Crippen LogP contribution >= 0.6 is 0 Å². The lowest BCUT2D eigenvalue weighted by atomic mass is 10.0. The maximum absolute atomic E-state index is 11.8. The van der Waals surface area contributed by atoms with Crippen molar-refractivity contribution in [3.8, 4) is 11.8 Å². The van der Waals surface area contributed by atoms with Crippen molar-refractivity contribution in [1.82, 2.24) is 5.32 Å². The smallest absolute Gasteiger partial charge is 0.220 e. The van der Waals surface area contributed by atoms with Crippen molar-refractivity contribution in [1.29, 1.82) is 0 Å². The molecule has 0 heterocycles. The molecule has 0 spiro atoms. The molecule has 0 fully saturated rings. The van der Waals surface area contributed by atoms with E-state index >= 15 is 0 Å². The highest BCUT2D eigenvalue weighted by Crippen LogP contribution is 2.14. The third kappa shape index (κ3) is 5.90. The van der Waals surface area contributed by atoms with Gasteiger partial charge in [0.15, 0.2) is 0 Å². The van der Waals surface area contributed by atoms with Crippen molar-refractivity contribution in [3.05, 3.63) is 35.4 Å². The Bertz CT molecular complexity index is 497. The van der Waals surface area contributed by atoms with Crippen LogP contribution in [0.1, 0.15) is 50.8 Å². The van der Waals surface area contributed by atoms with Gasteiger partial charge in [-0.3, -0.25) is 4.79 Å². The molecule has 1 rings (SSSR count). The van der Waals surface area contributed by atoms with Gasteiger partial charge in [-0.15, -0.1) is 0 Å². The summed E-state index contributed by atoms with van der Waals surface area (Å²) in [6, 6.07) is 7.89. The molecule has 1 aromatic rings. The van der Waals surface area contributed by atoms with Crippen molar-refractivity contribution in [2.75, 3.05) is 6.54 Å². The van der Waals surface area contributed by atoms with E-state index in [-0.39, 0.29) is 11.9 Å². The van der Waals surface area contributed by atoms with Gasteiger partial charge in [0.2, 0.25) is 5.91 Å². The normalized spacial score (nSPS) is 11.7. The molecular weight excluding hydrogens is 248 g/mol. The number of carbonyl (C=O) groups is 1. The molecule has 1 aromatic carbocycles. The fourth-order valence-corrected chi connectivity index (χ4v) is 1.86. The number of hydrogen-bond acceptors (Lipinski definition) is 2. The van der Waals surface area contributed by atoms with Crippen LogP contribution in [-0.2, 0) is 4.79 Å². The van der Waals surface area contributed by atoms with E-state index in [1.165, 1.54) is 0 Å². The lowest BCUT2D eigenvalue weighted by Gasteiger charge is -2.15. The number of carbonyl (C=O) groups excluding carboxylic acids is 1. The van der Waals surface area contributed by atoms with Gasteiger partial charge in [0, 0.05) is 12.0 Å². The highest BCUT2D eigenvalue weighted by atomic mass is 16.1. The SMILES string of the molecule is CC(C)CCC(=O)NC(C)c1cccc(C#CCN)c1. The summed E-state index contributed by atoms with van der Waals surface area (Å²) in [4.78, 5) is 11.8. The summed E-state index contributed by atoms with van der Waals surface area (Å²) < 4.78 is 0. The van der Waals surface area contributed by atoms with Gasteiger partial charge in [-0.05, 0) is 37.0 Å². The summed E-state index contributed by atoms with van der Waals surface area (Å²) in [6.45, 7) is 6.58. The zero-order chi connectivity index (χ0) is 15.0. The molecule has 1 atom stereocenters. The molecule has 20 heavy (non-hydrogen) atoms. The Morgan fingerprint density at radius 3 is 2.75 bits per heavy atom. The average molecular weight is 272 g/mol. The highest BCUT2D eigenvalue weighted by Gasteiger charge is 2.10. The Balaban J connectivity index is 2.63. The second-order valence-electron chi connectivity index (χ2n) is 5.35. The van der Waals surface area contributed by atoms with E-state index in [4.69, 9.17) is 5.73 Å². The number of rotatable bonds is 5. The first-order chi connectivity index (χ1) is 9.52. The number of nitrogens with one attached hydrogen (secondary N) is 1. The first-order valence-electron chi connectivity index (χ1n) is 7.11. The van der Waals surface area contributed by atoms with Crippen molar-refractivity contribution in [2.45, 2.75) is 39.7 Å². The Labute approximate surface area is 121 Å². The number of benzene rings is 1. The van der Waals surface area contributed by atoms with Crippen LogP contribution in [0.2, 0.25) is 0 Å². The Hall–Kier alpha value is -1.79. The Morgan fingerprint density at radius 1 is 1.35 bits per heavy atom. The van der Waals surface area contributed by atoms with Crippen LogP contribution in [0.5, 0.6) is 0 Å². The average Bonchev–Trinajstić information content (AvgIpc) is 2.43. The largest absolute Gasteiger partial charge is 0.350 e. The second kappa shape index (κ2) is 8.39. The van der Waals surface area contributed by atoms with Crippen molar-refractivity contribution in [2.24, 2.45) is 11.7 Å². The summed E-state index contributed by atoms with van der Waals surface area (Å²) >= 11 is 0. The van der Waals surface area contributed by atoms with E-state index < -0.39 is 0 Å². The molecule has 1 amide bonds. The quantitative estimate of drug-likeness (QED) is 0.810. The number of amides is 1. The Morgan fingerprint density at radius 2 is 2.10 bits per heavy atom. The molecule has 0 radical (unpaired) electrons. The number of nitrogens with two attached hydrogens (primary N) is 1. The molecular formula is C17H24N2O. The standard InChI is InChI=1S/C17H24N2O/c1-13(2)9-10-17(20)19-14(3)16-8-4-6-15(12-16)7-5-11-18/h4,6,8,12-14H,9-11,18H2,1-3H3,(H,19,20). The topological polar surface area (TPSA) is 55.1 Å². The van der Waals surface area contributed by atoms with E-state index in [1.807, 2.05) is 31.2 Å². The lowest BCUT2D eigenvalue weighted by molar-refractivity contribution is -0.122. The second-order valence-corrected chi connectivity index (χ2v) is 5.35. The van der Waals surface area contributed by atoms with Gasteiger partial charge < -0.3 is 11.1 Å². The molecule has 0 saturated heterocycles. The molecule has 108 valence electrons. The lowest BCUT2D eigenvalue weighted by Crippen LogP contribution is -2.26. The van der Waals surface area contributed by atoms with Crippen LogP contribution < -0.4 is 11.1 Å². The maximum Gasteiger partial charge on any atom is 0.220 e. The van der Waals surface area contributed by atoms with E-state index in [9.17, 15) is 4.79 Å². The van der Waals surface area contributed by atoms with Gasteiger partial charge in [0.05, 0.1) is 12.6 Å². The van der Waals surface area contributed by atoms with Crippen molar-refractivity contribution in [3.63, 3.8) is 0 Å². The van der Waals surface area contributed by atoms with Gasteiger partial charge in [0.1, 0.15) is 0 Å². The van der Waals surface area contributed by atoms with Crippen LogP contribution in [0.4, 0.5) is 0 Å². The van der Waals surface area contributed by atoms with Crippen LogP contribution in [0.15, 0.2) is 24.3 Å². The minimum absolute atomic E-state index is 0.00529. The Kier molecular flexibility index (Phi) is 6.83. The van der Waals surface area contributed by atoms with E-state index in [1.54, 1.807) is 0 Å². The molecule has 3 nitrogen and oxygen atoms in total. The minimum Gasteiger partial charge on any atom is -0.350 e. The van der Waals surface area contributed by atoms with E-state index in [0.29, 0.717) is 18.9 Å². The zero-order valence-corrected chi connectivity index (χ0v) is 12.6. The molecule has 1 unspecified atom stereocenters. The monoisotopic (exact) mass is 272 g/mol. The molecule has 0 aliphatic rings. The highest BCUT2D eigenvalue weighted by molar-refractivity contribution is 5.76. The summed E-state index contributed by atoms with van der Waals surface area (Å²) in [5.41, 5.74) is 7.36. The summed E-state index contributed by atoms with van der Waals surface area (Å²) in [6.07, 6.45) is 1.50. The number of hydrogen-bond donors (Lipinski definition) is 2.